The van der Waals surface area contributed by atoms with E-state index in [-0.39, 0.29) is 17.8 Å². The number of halogens is 2. The highest BCUT2D eigenvalue weighted by molar-refractivity contribution is 5.49. The SMILES string of the molecule is CCOCCN(C)c1ccc(CN)c(F)c1F. The van der Waals surface area contributed by atoms with Gasteiger partial charge in [0.25, 0.3) is 0 Å². The second-order valence-electron chi connectivity index (χ2n) is 3.69. The fraction of sp³-hybridized carbons (Fsp3) is 0.500. The van der Waals surface area contributed by atoms with Gasteiger partial charge in [-0.3, -0.25) is 0 Å². The molecule has 0 aromatic heterocycles. The zero-order chi connectivity index (χ0) is 12.8. The van der Waals surface area contributed by atoms with E-state index < -0.39 is 11.6 Å². The molecule has 0 spiro atoms. The van der Waals surface area contributed by atoms with Crippen LogP contribution in [0.3, 0.4) is 0 Å². The third-order valence-electron chi connectivity index (χ3n) is 2.55. The van der Waals surface area contributed by atoms with Gasteiger partial charge in [-0.15, -0.1) is 0 Å². The first-order valence-corrected chi connectivity index (χ1v) is 5.57. The molecule has 0 saturated carbocycles. The van der Waals surface area contributed by atoms with Gasteiger partial charge in [-0.05, 0) is 13.0 Å². The minimum absolute atomic E-state index is 0.00824. The van der Waals surface area contributed by atoms with Crippen LogP contribution in [-0.2, 0) is 11.3 Å². The van der Waals surface area contributed by atoms with Gasteiger partial charge >= 0.3 is 0 Å². The third-order valence-corrected chi connectivity index (χ3v) is 2.55. The smallest absolute Gasteiger partial charge is 0.182 e. The van der Waals surface area contributed by atoms with Crippen molar-refractivity contribution in [2.45, 2.75) is 13.5 Å². The Balaban J connectivity index is 2.80. The molecule has 1 aromatic rings. The van der Waals surface area contributed by atoms with Crippen LogP contribution in [-0.4, -0.2) is 26.8 Å². The molecule has 0 radical (unpaired) electrons. The fourth-order valence-corrected chi connectivity index (χ4v) is 1.50. The average Bonchev–Trinajstić information content (AvgIpc) is 2.32. The van der Waals surface area contributed by atoms with Crippen molar-refractivity contribution < 1.29 is 13.5 Å². The zero-order valence-electron chi connectivity index (χ0n) is 10.2. The van der Waals surface area contributed by atoms with E-state index in [4.69, 9.17) is 10.5 Å². The molecule has 96 valence electrons. The van der Waals surface area contributed by atoms with Gasteiger partial charge < -0.3 is 15.4 Å². The summed E-state index contributed by atoms with van der Waals surface area (Å²) in [5, 5.41) is 0. The van der Waals surface area contributed by atoms with E-state index in [1.54, 1.807) is 11.9 Å². The van der Waals surface area contributed by atoms with Crippen molar-refractivity contribution in [1.82, 2.24) is 0 Å². The lowest BCUT2D eigenvalue weighted by Crippen LogP contribution is -2.24. The minimum atomic E-state index is -0.867. The molecule has 2 N–H and O–H groups in total. The molecule has 0 amide bonds. The summed E-state index contributed by atoms with van der Waals surface area (Å²) in [5.41, 5.74) is 5.71. The third kappa shape index (κ3) is 3.38. The van der Waals surface area contributed by atoms with E-state index in [1.807, 2.05) is 6.92 Å². The van der Waals surface area contributed by atoms with E-state index in [0.717, 1.165) is 0 Å². The maximum atomic E-state index is 13.7. The molecule has 0 fully saturated rings. The summed E-state index contributed by atoms with van der Waals surface area (Å²) < 4.78 is 32.4. The van der Waals surface area contributed by atoms with Crippen molar-refractivity contribution in [3.63, 3.8) is 0 Å². The topological polar surface area (TPSA) is 38.5 Å². The molecule has 0 heterocycles. The molecule has 0 aliphatic heterocycles. The van der Waals surface area contributed by atoms with Crippen LogP contribution < -0.4 is 10.6 Å². The summed E-state index contributed by atoms with van der Waals surface area (Å²) in [6.45, 7) is 3.47. The predicted octanol–water partition coefficient (Wildman–Crippen LogP) is 1.90. The number of hydrogen-bond donors (Lipinski definition) is 1. The maximum Gasteiger partial charge on any atom is 0.182 e. The van der Waals surface area contributed by atoms with Gasteiger partial charge in [0.1, 0.15) is 0 Å². The second kappa shape index (κ2) is 6.51. The van der Waals surface area contributed by atoms with Gasteiger partial charge in [0, 0.05) is 32.3 Å². The zero-order valence-corrected chi connectivity index (χ0v) is 10.2. The van der Waals surface area contributed by atoms with Crippen LogP contribution >= 0.6 is 0 Å². The molecule has 17 heavy (non-hydrogen) atoms. The molecule has 5 heteroatoms. The number of likely N-dealkylation sites (N-methyl/N-ethyl adjacent to an activating group) is 1. The van der Waals surface area contributed by atoms with Gasteiger partial charge in [0.05, 0.1) is 12.3 Å². The monoisotopic (exact) mass is 244 g/mol. The van der Waals surface area contributed by atoms with Crippen LogP contribution in [0.4, 0.5) is 14.5 Å². The summed E-state index contributed by atoms with van der Waals surface area (Å²) in [5.74, 6) is -1.72. The number of anilines is 1. The van der Waals surface area contributed by atoms with Gasteiger partial charge in [-0.2, -0.15) is 0 Å². The lowest BCUT2D eigenvalue weighted by atomic mass is 10.1. The van der Waals surface area contributed by atoms with Gasteiger partial charge in [-0.25, -0.2) is 8.78 Å². The Bertz CT molecular complexity index is 372. The van der Waals surface area contributed by atoms with E-state index in [9.17, 15) is 8.78 Å². The Kier molecular flexibility index (Phi) is 5.31. The van der Waals surface area contributed by atoms with Crippen LogP contribution in [0.25, 0.3) is 0 Å². The van der Waals surface area contributed by atoms with Crippen molar-refractivity contribution in [2.24, 2.45) is 5.73 Å². The standard InChI is InChI=1S/C12H18F2N2O/c1-3-17-7-6-16(2)10-5-4-9(8-15)11(13)12(10)14/h4-5H,3,6-8,15H2,1-2H3. The molecule has 0 saturated heterocycles. The summed E-state index contributed by atoms with van der Waals surface area (Å²) in [6, 6.07) is 3.04. The molecule has 0 bridgehead atoms. The summed E-state index contributed by atoms with van der Waals surface area (Å²) in [7, 11) is 1.69. The fourth-order valence-electron chi connectivity index (χ4n) is 1.50. The van der Waals surface area contributed by atoms with Crippen LogP contribution in [0, 0.1) is 11.6 Å². The lowest BCUT2D eigenvalue weighted by Gasteiger charge is -2.20. The number of nitrogens with two attached hydrogens (primary N) is 1. The molecular weight excluding hydrogens is 226 g/mol. The molecule has 3 nitrogen and oxygen atoms in total. The van der Waals surface area contributed by atoms with Gasteiger partial charge in [0.15, 0.2) is 11.6 Å². The number of benzene rings is 1. The quantitative estimate of drug-likeness (QED) is 0.777. The van der Waals surface area contributed by atoms with Crippen molar-refractivity contribution >= 4 is 5.69 Å². The van der Waals surface area contributed by atoms with E-state index >= 15 is 0 Å². The van der Waals surface area contributed by atoms with Crippen molar-refractivity contribution in [3.8, 4) is 0 Å². The van der Waals surface area contributed by atoms with Crippen LogP contribution in [0.5, 0.6) is 0 Å². The molecule has 1 aromatic carbocycles. The van der Waals surface area contributed by atoms with E-state index in [0.29, 0.717) is 19.8 Å². The molecule has 0 unspecified atom stereocenters. The van der Waals surface area contributed by atoms with Crippen molar-refractivity contribution in [1.29, 1.82) is 0 Å². The van der Waals surface area contributed by atoms with Gasteiger partial charge in [-0.1, -0.05) is 6.07 Å². The summed E-state index contributed by atoms with van der Waals surface area (Å²) in [6.07, 6.45) is 0. The van der Waals surface area contributed by atoms with E-state index in [1.165, 1.54) is 12.1 Å². The highest BCUT2D eigenvalue weighted by Gasteiger charge is 2.15. The summed E-state index contributed by atoms with van der Waals surface area (Å²) in [4.78, 5) is 1.62. The minimum Gasteiger partial charge on any atom is -0.380 e. The largest absolute Gasteiger partial charge is 0.380 e. The van der Waals surface area contributed by atoms with Crippen LogP contribution in [0.15, 0.2) is 12.1 Å². The van der Waals surface area contributed by atoms with Gasteiger partial charge in [0.2, 0.25) is 0 Å². The first kappa shape index (κ1) is 13.9. The first-order chi connectivity index (χ1) is 8.11. The lowest BCUT2D eigenvalue weighted by molar-refractivity contribution is 0.154. The Labute approximate surface area is 100 Å². The highest BCUT2D eigenvalue weighted by Crippen LogP contribution is 2.23. The Morgan fingerprint density at radius 1 is 1.29 bits per heavy atom. The maximum absolute atomic E-state index is 13.7. The predicted molar refractivity (Wildman–Crippen MR) is 64.0 cm³/mol. The molecule has 1 rings (SSSR count). The van der Waals surface area contributed by atoms with Crippen molar-refractivity contribution in [3.05, 3.63) is 29.3 Å². The first-order valence-electron chi connectivity index (χ1n) is 5.57. The highest BCUT2D eigenvalue weighted by atomic mass is 19.2. The Morgan fingerprint density at radius 2 is 2.00 bits per heavy atom. The molecule has 0 atom stereocenters. The average molecular weight is 244 g/mol. The molecular formula is C12H18F2N2O. The van der Waals surface area contributed by atoms with Crippen LogP contribution in [0.2, 0.25) is 0 Å². The Morgan fingerprint density at radius 3 is 2.59 bits per heavy atom. The second-order valence-corrected chi connectivity index (χ2v) is 3.69. The normalized spacial score (nSPS) is 10.6. The summed E-state index contributed by atoms with van der Waals surface area (Å²) >= 11 is 0. The number of rotatable bonds is 6. The number of hydrogen-bond acceptors (Lipinski definition) is 3. The number of ether oxygens (including phenoxy) is 1. The van der Waals surface area contributed by atoms with Crippen molar-refractivity contribution in [2.75, 3.05) is 31.7 Å². The molecule has 0 aliphatic rings. The Hall–Kier alpha value is -1.20. The number of nitrogens with zero attached hydrogens (tertiary/aromatic N) is 1. The van der Waals surface area contributed by atoms with Crippen LogP contribution in [0.1, 0.15) is 12.5 Å². The molecule has 0 aliphatic carbocycles. The van der Waals surface area contributed by atoms with E-state index in [2.05, 4.69) is 0 Å².